The summed E-state index contributed by atoms with van der Waals surface area (Å²) < 4.78 is 0. The van der Waals surface area contributed by atoms with Crippen LogP contribution in [0.25, 0.3) is 10.9 Å². The molecule has 3 aromatic rings. The van der Waals surface area contributed by atoms with Crippen LogP contribution in [0.5, 0.6) is 0 Å². The Morgan fingerprint density at radius 3 is 2.48 bits per heavy atom. The Balaban J connectivity index is 1.24. The Labute approximate surface area is 183 Å². The van der Waals surface area contributed by atoms with Crippen LogP contribution in [0.3, 0.4) is 0 Å². The van der Waals surface area contributed by atoms with Crippen LogP contribution < -0.4 is 5.32 Å². The lowest BCUT2D eigenvalue weighted by atomic mass is 9.64. The second-order valence-corrected chi connectivity index (χ2v) is 9.66. The van der Waals surface area contributed by atoms with E-state index in [1.807, 2.05) is 6.07 Å². The maximum Gasteiger partial charge on any atom is 0.220 e. The minimum absolute atomic E-state index is 0.0185. The van der Waals surface area contributed by atoms with E-state index in [2.05, 4.69) is 74.8 Å². The van der Waals surface area contributed by atoms with Crippen molar-refractivity contribution in [2.45, 2.75) is 24.3 Å². The van der Waals surface area contributed by atoms with Gasteiger partial charge in [0.15, 0.2) is 0 Å². The Bertz CT molecular complexity index is 1070. The summed E-state index contributed by atoms with van der Waals surface area (Å²) in [5.41, 5.74) is 3.72. The normalized spacial score (nSPS) is 31.6. The molecule has 160 valence electrons. The van der Waals surface area contributed by atoms with Crippen LogP contribution in [0.4, 0.5) is 0 Å². The zero-order valence-electron chi connectivity index (χ0n) is 17.9. The zero-order valence-corrected chi connectivity index (χ0v) is 17.9. The lowest BCUT2D eigenvalue weighted by Crippen LogP contribution is -2.70. The summed E-state index contributed by atoms with van der Waals surface area (Å²) in [6.45, 7) is 6.56. The fourth-order valence-corrected chi connectivity index (χ4v) is 6.40. The molecule has 1 aromatic heterocycles. The molecule has 0 spiro atoms. The number of amides is 1. The van der Waals surface area contributed by atoms with E-state index in [0.717, 1.165) is 51.2 Å². The number of carbonyl (C=O) groups is 1. The number of fused-ring (bicyclic) bond motifs is 2. The smallest absolute Gasteiger partial charge is 0.220 e. The van der Waals surface area contributed by atoms with E-state index >= 15 is 0 Å². The highest BCUT2D eigenvalue weighted by atomic mass is 16.1. The molecular weight excluding hydrogens is 384 g/mol. The van der Waals surface area contributed by atoms with Crippen LogP contribution in [0.1, 0.15) is 17.5 Å². The van der Waals surface area contributed by atoms with Gasteiger partial charge in [0, 0.05) is 80.2 Å². The lowest BCUT2D eigenvalue weighted by Gasteiger charge is -2.55. The molecule has 0 radical (unpaired) electrons. The highest BCUT2D eigenvalue weighted by Gasteiger charge is 2.55. The van der Waals surface area contributed by atoms with Gasteiger partial charge in [0.2, 0.25) is 5.91 Å². The predicted molar refractivity (Wildman–Crippen MR) is 123 cm³/mol. The van der Waals surface area contributed by atoms with Crippen molar-refractivity contribution in [1.29, 1.82) is 0 Å². The van der Waals surface area contributed by atoms with Gasteiger partial charge in [-0.05, 0) is 23.6 Å². The summed E-state index contributed by atoms with van der Waals surface area (Å²) in [7, 11) is 0. The van der Waals surface area contributed by atoms with Crippen molar-refractivity contribution in [2.24, 2.45) is 5.92 Å². The van der Waals surface area contributed by atoms with E-state index in [4.69, 9.17) is 0 Å². The van der Waals surface area contributed by atoms with Gasteiger partial charge in [0.1, 0.15) is 0 Å². The van der Waals surface area contributed by atoms with Gasteiger partial charge in [0.25, 0.3) is 0 Å². The molecule has 4 fully saturated rings. The van der Waals surface area contributed by atoms with Gasteiger partial charge in [-0.2, -0.15) is 0 Å². The third kappa shape index (κ3) is 3.27. The average Bonchev–Trinajstić information content (AvgIpc) is 3.04. The number of rotatable bonds is 5. The van der Waals surface area contributed by atoms with Gasteiger partial charge in [-0.25, -0.2) is 0 Å². The first-order chi connectivity index (χ1) is 15.2. The highest BCUT2D eigenvalue weighted by Crippen LogP contribution is 2.43. The van der Waals surface area contributed by atoms with Crippen LogP contribution in [-0.4, -0.2) is 66.0 Å². The van der Waals surface area contributed by atoms with Gasteiger partial charge in [-0.15, -0.1) is 0 Å². The highest BCUT2D eigenvalue weighted by molar-refractivity contribution is 5.84. The van der Waals surface area contributed by atoms with Gasteiger partial charge >= 0.3 is 0 Å². The Hall–Kier alpha value is -2.63. The van der Waals surface area contributed by atoms with Crippen molar-refractivity contribution in [2.75, 3.05) is 39.3 Å². The molecule has 0 aliphatic carbocycles. The first-order valence-electron chi connectivity index (χ1n) is 11.6. The summed E-state index contributed by atoms with van der Waals surface area (Å²) in [6, 6.07) is 19.4. The number of nitrogens with one attached hydrogen (secondary N) is 2. The molecule has 2 aromatic carbocycles. The summed E-state index contributed by atoms with van der Waals surface area (Å²) in [5, 5.41) is 4.76. The van der Waals surface area contributed by atoms with E-state index in [9.17, 15) is 4.79 Å². The molecule has 1 amide bonds. The molecule has 31 heavy (non-hydrogen) atoms. The maximum absolute atomic E-state index is 13.2. The number of piperidine rings is 2. The van der Waals surface area contributed by atoms with Gasteiger partial charge in [-0.3, -0.25) is 4.79 Å². The summed E-state index contributed by atoms with van der Waals surface area (Å²) in [5.74, 6) is 0.670. The van der Waals surface area contributed by atoms with Crippen molar-refractivity contribution >= 4 is 16.8 Å². The number of carbonyl (C=O) groups excluding carboxylic acids is 1. The Kier molecular flexibility index (Phi) is 4.62. The molecule has 7 rings (SSSR count). The van der Waals surface area contributed by atoms with Crippen LogP contribution in [-0.2, 0) is 16.6 Å². The number of para-hydroxylation sites is 1. The van der Waals surface area contributed by atoms with Crippen LogP contribution in [0.2, 0.25) is 0 Å². The first kappa shape index (κ1) is 19.1. The predicted octanol–water partition coefficient (Wildman–Crippen LogP) is 2.78. The molecular formula is C26H30N4O. The average molecular weight is 415 g/mol. The molecule has 4 bridgehead atoms. The zero-order chi connectivity index (χ0) is 20.8. The van der Waals surface area contributed by atoms with Crippen LogP contribution in [0.15, 0.2) is 60.8 Å². The number of benzene rings is 2. The summed E-state index contributed by atoms with van der Waals surface area (Å²) in [4.78, 5) is 21.8. The fraction of sp³-hybridized carbons (Fsp3) is 0.423. The standard InChI is InChI=1S/C26H30N4O/c31-24(11-10-19-14-27-23-9-5-4-8-22(19)23)28-25-20-15-29-12-13-30(16-20)18-26(25,17-29)21-6-2-1-3-7-21/h1-9,14,20,25,27H,10-13,15-18H2,(H,28,31)/t20?,25-,26?/m0/s1. The van der Waals surface area contributed by atoms with Crippen molar-refractivity contribution in [3.63, 3.8) is 0 Å². The number of hydrogen-bond donors (Lipinski definition) is 2. The molecule has 4 aliphatic heterocycles. The lowest BCUT2D eigenvalue weighted by molar-refractivity contribution is -0.124. The van der Waals surface area contributed by atoms with Crippen molar-refractivity contribution in [3.8, 4) is 0 Å². The van der Waals surface area contributed by atoms with Crippen molar-refractivity contribution in [3.05, 3.63) is 71.9 Å². The number of H-pyrrole nitrogens is 1. The molecule has 2 unspecified atom stereocenters. The number of hydrogen-bond acceptors (Lipinski definition) is 3. The van der Waals surface area contributed by atoms with Gasteiger partial charge in [0.05, 0.1) is 0 Å². The molecule has 3 atom stereocenters. The third-order valence-electron chi connectivity index (χ3n) is 7.76. The quantitative estimate of drug-likeness (QED) is 0.675. The number of aryl methyl sites for hydroxylation is 1. The molecule has 4 saturated heterocycles. The number of nitrogens with zero attached hydrogens (tertiary/aromatic N) is 2. The molecule has 2 N–H and O–H groups in total. The molecule has 5 nitrogen and oxygen atoms in total. The second kappa shape index (κ2) is 7.50. The fourth-order valence-electron chi connectivity index (χ4n) is 6.40. The van der Waals surface area contributed by atoms with Crippen molar-refractivity contribution < 1.29 is 4.79 Å². The third-order valence-corrected chi connectivity index (χ3v) is 7.76. The maximum atomic E-state index is 13.2. The number of aromatic nitrogens is 1. The topological polar surface area (TPSA) is 51.4 Å². The Morgan fingerprint density at radius 1 is 1.00 bits per heavy atom. The molecule has 5 heterocycles. The minimum atomic E-state index is -0.0185. The molecule has 5 heteroatoms. The largest absolute Gasteiger partial charge is 0.361 e. The van der Waals surface area contributed by atoms with Crippen LogP contribution in [0, 0.1) is 5.92 Å². The second-order valence-electron chi connectivity index (χ2n) is 9.66. The van der Waals surface area contributed by atoms with E-state index in [1.165, 1.54) is 16.5 Å². The van der Waals surface area contributed by atoms with E-state index < -0.39 is 0 Å². The molecule has 0 saturated carbocycles. The van der Waals surface area contributed by atoms with Crippen LogP contribution >= 0.6 is 0 Å². The SMILES string of the molecule is O=C(CCc1c[nH]c2ccccc12)N[C@H]1C2CN3CCN(C2)CC1(c1ccccc1)C3. The summed E-state index contributed by atoms with van der Waals surface area (Å²) >= 11 is 0. The summed E-state index contributed by atoms with van der Waals surface area (Å²) in [6.07, 6.45) is 3.35. The first-order valence-corrected chi connectivity index (χ1v) is 11.6. The van der Waals surface area contributed by atoms with Gasteiger partial charge in [-0.1, -0.05) is 48.5 Å². The van der Waals surface area contributed by atoms with E-state index in [-0.39, 0.29) is 17.4 Å². The van der Waals surface area contributed by atoms with E-state index in [0.29, 0.717) is 12.3 Å². The Morgan fingerprint density at radius 2 is 1.71 bits per heavy atom. The minimum Gasteiger partial charge on any atom is -0.361 e. The van der Waals surface area contributed by atoms with E-state index in [1.54, 1.807) is 0 Å². The molecule has 4 aliphatic rings. The monoisotopic (exact) mass is 414 g/mol. The van der Waals surface area contributed by atoms with Gasteiger partial charge < -0.3 is 20.1 Å². The van der Waals surface area contributed by atoms with Crippen molar-refractivity contribution in [1.82, 2.24) is 20.1 Å². The number of aromatic amines is 1.